The van der Waals surface area contributed by atoms with Crippen molar-refractivity contribution < 1.29 is 9.21 Å². The molecule has 4 aromatic rings. The highest BCUT2D eigenvalue weighted by molar-refractivity contribution is 8.00. The molecule has 6 nitrogen and oxygen atoms in total. The fourth-order valence-corrected chi connectivity index (χ4v) is 3.63. The molecule has 1 atom stereocenters. The third kappa shape index (κ3) is 4.75. The maximum absolute atomic E-state index is 12.4. The Labute approximate surface area is 178 Å². The van der Waals surface area contributed by atoms with Crippen molar-refractivity contribution >= 4 is 17.7 Å². The van der Waals surface area contributed by atoms with Gasteiger partial charge in [-0.3, -0.25) is 4.79 Å². The highest BCUT2D eigenvalue weighted by Gasteiger charge is 2.19. The second-order valence-electron chi connectivity index (χ2n) is 6.58. The van der Waals surface area contributed by atoms with E-state index in [1.807, 2.05) is 73.7 Å². The van der Waals surface area contributed by atoms with Gasteiger partial charge in [-0.2, -0.15) is 0 Å². The predicted molar refractivity (Wildman–Crippen MR) is 117 cm³/mol. The van der Waals surface area contributed by atoms with E-state index in [1.165, 1.54) is 11.8 Å². The van der Waals surface area contributed by atoms with Crippen LogP contribution < -0.4 is 5.32 Å². The SMILES string of the molecule is C[C@@H](Sc1nnc(-c2ccccc2)c(-c2ccccc2)n1)C(=O)NCc1ccco1. The first-order chi connectivity index (χ1) is 14.7. The maximum atomic E-state index is 12.4. The summed E-state index contributed by atoms with van der Waals surface area (Å²) in [7, 11) is 0. The van der Waals surface area contributed by atoms with Crippen LogP contribution in [-0.2, 0) is 11.3 Å². The molecule has 150 valence electrons. The minimum absolute atomic E-state index is 0.117. The molecule has 30 heavy (non-hydrogen) atoms. The predicted octanol–water partition coefficient (Wildman–Crippen LogP) is 4.60. The first kappa shape index (κ1) is 19.8. The van der Waals surface area contributed by atoms with Gasteiger partial charge in [-0.05, 0) is 19.1 Å². The van der Waals surface area contributed by atoms with Gasteiger partial charge in [0.2, 0.25) is 11.1 Å². The lowest BCUT2D eigenvalue weighted by atomic mass is 10.0. The number of benzene rings is 2. The van der Waals surface area contributed by atoms with Gasteiger partial charge < -0.3 is 9.73 Å². The number of hydrogen-bond donors (Lipinski definition) is 1. The van der Waals surface area contributed by atoms with Crippen molar-refractivity contribution in [2.24, 2.45) is 0 Å². The topological polar surface area (TPSA) is 80.9 Å². The zero-order valence-corrected chi connectivity index (χ0v) is 17.2. The molecule has 0 fully saturated rings. The normalized spacial score (nSPS) is 11.8. The van der Waals surface area contributed by atoms with Crippen molar-refractivity contribution in [2.45, 2.75) is 23.9 Å². The molecule has 2 heterocycles. The van der Waals surface area contributed by atoms with E-state index in [9.17, 15) is 4.79 Å². The largest absolute Gasteiger partial charge is 0.467 e. The van der Waals surface area contributed by atoms with Crippen LogP contribution in [0.1, 0.15) is 12.7 Å². The van der Waals surface area contributed by atoms with Crippen molar-refractivity contribution in [3.63, 3.8) is 0 Å². The fourth-order valence-electron chi connectivity index (χ4n) is 2.89. The summed E-state index contributed by atoms with van der Waals surface area (Å²) >= 11 is 1.27. The lowest BCUT2D eigenvalue weighted by Gasteiger charge is -2.12. The number of rotatable bonds is 7. The standard InChI is InChI=1S/C23H20N4O2S/c1-16(22(28)24-15-19-13-8-14-29-19)30-23-25-20(17-9-4-2-5-10-17)21(26-27-23)18-11-6-3-7-12-18/h2-14,16H,15H2,1H3,(H,24,28)/t16-/m1/s1. The number of carbonyl (C=O) groups excluding carboxylic acids is 1. The zero-order chi connectivity index (χ0) is 20.8. The van der Waals surface area contributed by atoms with E-state index in [0.717, 1.165) is 16.8 Å². The third-order valence-electron chi connectivity index (χ3n) is 4.43. The molecule has 0 aliphatic carbocycles. The van der Waals surface area contributed by atoms with Gasteiger partial charge >= 0.3 is 0 Å². The number of furan rings is 1. The minimum Gasteiger partial charge on any atom is -0.467 e. The van der Waals surface area contributed by atoms with E-state index in [2.05, 4.69) is 15.5 Å². The number of carbonyl (C=O) groups is 1. The van der Waals surface area contributed by atoms with E-state index < -0.39 is 0 Å². The summed E-state index contributed by atoms with van der Waals surface area (Å²) in [5.74, 6) is 0.588. The van der Waals surface area contributed by atoms with E-state index in [0.29, 0.717) is 23.2 Å². The Morgan fingerprint density at radius 1 is 0.933 bits per heavy atom. The molecule has 0 spiro atoms. The first-order valence-electron chi connectivity index (χ1n) is 9.53. The molecule has 0 saturated carbocycles. The number of aromatic nitrogens is 3. The van der Waals surface area contributed by atoms with Crippen LogP contribution >= 0.6 is 11.8 Å². The molecule has 7 heteroatoms. The summed E-state index contributed by atoms with van der Waals surface area (Å²) in [6, 6.07) is 23.3. The van der Waals surface area contributed by atoms with Crippen LogP contribution in [0.3, 0.4) is 0 Å². The van der Waals surface area contributed by atoms with Crippen molar-refractivity contribution in [1.82, 2.24) is 20.5 Å². The average Bonchev–Trinajstić information content (AvgIpc) is 3.32. The minimum atomic E-state index is -0.382. The summed E-state index contributed by atoms with van der Waals surface area (Å²) in [5, 5.41) is 11.7. The highest BCUT2D eigenvalue weighted by Crippen LogP contribution is 2.30. The third-order valence-corrected chi connectivity index (χ3v) is 5.38. The van der Waals surface area contributed by atoms with Crippen molar-refractivity contribution in [2.75, 3.05) is 0 Å². The van der Waals surface area contributed by atoms with Crippen LogP contribution in [0.5, 0.6) is 0 Å². The zero-order valence-electron chi connectivity index (χ0n) is 16.4. The van der Waals surface area contributed by atoms with Crippen LogP contribution in [-0.4, -0.2) is 26.3 Å². The first-order valence-corrected chi connectivity index (χ1v) is 10.4. The molecule has 0 unspecified atom stereocenters. The highest BCUT2D eigenvalue weighted by atomic mass is 32.2. The number of nitrogens with zero attached hydrogens (tertiary/aromatic N) is 3. The molecule has 2 aromatic heterocycles. The quantitative estimate of drug-likeness (QED) is 0.444. The summed E-state index contributed by atoms with van der Waals surface area (Å²) in [6.07, 6.45) is 1.58. The Morgan fingerprint density at radius 2 is 1.60 bits per heavy atom. The Morgan fingerprint density at radius 3 is 2.23 bits per heavy atom. The second kappa shape index (κ2) is 9.37. The number of amides is 1. The van der Waals surface area contributed by atoms with Gasteiger partial charge in [0.1, 0.15) is 17.1 Å². The number of hydrogen-bond acceptors (Lipinski definition) is 6. The fraction of sp³-hybridized carbons (Fsp3) is 0.130. The smallest absolute Gasteiger partial charge is 0.233 e. The molecule has 1 amide bonds. The lowest BCUT2D eigenvalue weighted by molar-refractivity contribution is -0.120. The summed E-state index contributed by atoms with van der Waals surface area (Å²) < 4.78 is 5.25. The maximum Gasteiger partial charge on any atom is 0.233 e. The monoisotopic (exact) mass is 416 g/mol. The number of nitrogens with one attached hydrogen (secondary N) is 1. The average molecular weight is 417 g/mol. The molecular weight excluding hydrogens is 396 g/mol. The lowest BCUT2D eigenvalue weighted by Crippen LogP contribution is -2.30. The molecule has 0 aliphatic rings. The van der Waals surface area contributed by atoms with Gasteiger partial charge in [-0.25, -0.2) is 4.98 Å². The van der Waals surface area contributed by atoms with Crippen LogP contribution in [0.25, 0.3) is 22.5 Å². The molecule has 2 aromatic carbocycles. The summed E-state index contributed by atoms with van der Waals surface area (Å²) in [4.78, 5) is 17.2. The molecule has 0 aliphatic heterocycles. The van der Waals surface area contributed by atoms with Crippen LogP contribution in [0, 0.1) is 0 Å². The Kier molecular flexibility index (Phi) is 6.20. The molecule has 1 N–H and O–H groups in total. The van der Waals surface area contributed by atoms with Crippen LogP contribution in [0.4, 0.5) is 0 Å². The van der Waals surface area contributed by atoms with E-state index in [1.54, 1.807) is 12.3 Å². The van der Waals surface area contributed by atoms with E-state index in [4.69, 9.17) is 9.40 Å². The van der Waals surface area contributed by atoms with E-state index in [-0.39, 0.29) is 11.2 Å². The van der Waals surface area contributed by atoms with Gasteiger partial charge in [-0.15, -0.1) is 10.2 Å². The summed E-state index contributed by atoms with van der Waals surface area (Å²) in [5.41, 5.74) is 3.34. The van der Waals surface area contributed by atoms with Crippen LogP contribution in [0.15, 0.2) is 88.6 Å². The van der Waals surface area contributed by atoms with Crippen molar-refractivity contribution in [3.05, 3.63) is 84.8 Å². The Hall–Kier alpha value is -3.45. The van der Waals surface area contributed by atoms with Gasteiger partial charge in [0.15, 0.2) is 0 Å². The van der Waals surface area contributed by atoms with Crippen LogP contribution in [0.2, 0.25) is 0 Å². The molecule has 0 radical (unpaired) electrons. The number of thioether (sulfide) groups is 1. The molecule has 0 bridgehead atoms. The van der Waals surface area contributed by atoms with Gasteiger partial charge in [0, 0.05) is 11.1 Å². The van der Waals surface area contributed by atoms with Gasteiger partial charge in [0.05, 0.1) is 18.1 Å². The molecule has 4 rings (SSSR count). The Bertz CT molecular complexity index is 1100. The second-order valence-corrected chi connectivity index (χ2v) is 7.89. The van der Waals surface area contributed by atoms with Gasteiger partial charge in [0.25, 0.3) is 0 Å². The van der Waals surface area contributed by atoms with E-state index >= 15 is 0 Å². The van der Waals surface area contributed by atoms with Gasteiger partial charge in [-0.1, -0.05) is 72.4 Å². The van der Waals surface area contributed by atoms with Crippen molar-refractivity contribution in [3.8, 4) is 22.5 Å². The Balaban J connectivity index is 1.56. The van der Waals surface area contributed by atoms with Crippen molar-refractivity contribution in [1.29, 1.82) is 0 Å². The molecule has 0 saturated heterocycles. The molecular formula is C23H20N4O2S. The summed E-state index contributed by atoms with van der Waals surface area (Å²) in [6.45, 7) is 2.16.